The minimum atomic E-state index is 0.0348. The Bertz CT molecular complexity index is 1130. The van der Waals surface area contributed by atoms with Gasteiger partial charge in [0.05, 0.1) is 7.05 Å². The van der Waals surface area contributed by atoms with Gasteiger partial charge in [-0.05, 0) is 52.6 Å². The number of benzene rings is 3. The first-order valence-corrected chi connectivity index (χ1v) is 8.78. The largest absolute Gasteiger partial charge is 0.249 e. The molecule has 0 atom stereocenters. The highest BCUT2D eigenvalue weighted by molar-refractivity contribution is 5.82. The van der Waals surface area contributed by atoms with E-state index >= 15 is 0 Å². The van der Waals surface area contributed by atoms with Gasteiger partial charge in [-0.3, -0.25) is 0 Å². The maximum Gasteiger partial charge on any atom is 0.249 e. The zero-order valence-electron chi connectivity index (χ0n) is 14.8. The molecule has 0 N–H and O–H groups in total. The van der Waals surface area contributed by atoms with Crippen LogP contribution in [-0.2, 0) is 12.5 Å². The van der Waals surface area contributed by atoms with Crippen molar-refractivity contribution in [1.29, 1.82) is 0 Å². The third kappa shape index (κ3) is 1.88. The molecule has 0 saturated carbocycles. The second-order valence-corrected chi connectivity index (χ2v) is 7.49. The van der Waals surface area contributed by atoms with Gasteiger partial charge in [-0.2, -0.15) is 4.57 Å². The van der Waals surface area contributed by atoms with E-state index in [1.165, 1.54) is 39.0 Å². The first kappa shape index (κ1) is 14.5. The predicted octanol–water partition coefficient (Wildman–Crippen LogP) is 4.76. The van der Waals surface area contributed by atoms with Gasteiger partial charge in [0.15, 0.2) is 11.0 Å². The highest BCUT2D eigenvalue weighted by Gasteiger charge is 2.35. The van der Waals surface area contributed by atoms with E-state index in [2.05, 4.69) is 103 Å². The van der Waals surface area contributed by atoms with Crippen molar-refractivity contribution in [1.82, 2.24) is 4.57 Å². The number of aryl methyl sites for hydroxylation is 1. The molecular formula is C23H21N2+. The molecule has 3 aromatic carbocycles. The Labute approximate surface area is 148 Å². The van der Waals surface area contributed by atoms with E-state index in [1.54, 1.807) is 0 Å². The minimum Gasteiger partial charge on any atom is -0.232 e. The van der Waals surface area contributed by atoms with Crippen molar-refractivity contribution in [3.63, 3.8) is 0 Å². The molecule has 0 bridgehead atoms. The van der Waals surface area contributed by atoms with Crippen LogP contribution in [0, 0.1) is 0 Å². The van der Waals surface area contributed by atoms with E-state index in [4.69, 9.17) is 0 Å². The second kappa shape index (κ2) is 4.82. The van der Waals surface area contributed by atoms with Gasteiger partial charge in [0.25, 0.3) is 0 Å². The van der Waals surface area contributed by atoms with Crippen molar-refractivity contribution in [2.45, 2.75) is 19.3 Å². The molecule has 2 heteroatoms. The number of fused-ring (bicyclic) bond motifs is 4. The highest BCUT2D eigenvalue weighted by Crippen LogP contribution is 2.48. The summed E-state index contributed by atoms with van der Waals surface area (Å²) in [4.78, 5) is 0. The van der Waals surface area contributed by atoms with E-state index < -0.39 is 0 Å². The molecule has 0 spiro atoms. The summed E-state index contributed by atoms with van der Waals surface area (Å²) in [6, 6.07) is 24.2. The molecule has 0 amide bonds. The molecule has 2 nitrogen and oxygen atoms in total. The summed E-state index contributed by atoms with van der Waals surface area (Å²) < 4.78 is 4.47. The van der Waals surface area contributed by atoms with Gasteiger partial charge < -0.3 is 0 Å². The molecule has 122 valence electrons. The molecule has 0 radical (unpaired) electrons. The lowest BCUT2D eigenvalue weighted by molar-refractivity contribution is -0.645. The quantitative estimate of drug-likeness (QED) is 0.446. The normalized spacial score (nSPS) is 14.5. The van der Waals surface area contributed by atoms with E-state index in [0.29, 0.717) is 0 Å². The molecule has 1 heterocycles. The van der Waals surface area contributed by atoms with Crippen LogP contribution in [0.15, 0.2) is 73.1 Å². The summed E-state index contributed by atoms with van der Waals surface area (Å²) in [5.74, 6) is 0. The Balaban J connectivity index is 1.76. The molecule has 0 aliphatic heterocycles. The lowest BCUT2D eigenvalue weighted by Crippen LogP contribution is -2.25. The number of rotatable bonds is 1. The van der Waals surface area contributed by atoms with E-state index in [9.17, 15) is 0 Å². The average molecular weight is 325 g/mol. The fraction of sp³-hybridized carbons (Fsp3) is 0.174. The van der Waals surface area contributed by atoms with Gasteiger partial charge in [-0.25, -0.2) is 4.57 Å². The lowest BCUT2D eigenvalue weighted by Gasteiger charge is -2.21. The first-order valence-electron chi connectivity index (χ1n) is 8.78. The molecule has 4 aromatic rings. The maximum atomic E-state index is 2.36. The number of para-hydroxylation sites is 2. The standard InChI is InChI=1S/C23H21N2/c1-23(2)19-9-5-4-8-17(19)18-13-12-16(14-20(18)23)25-15-24(3)21-10-6-7-11-22(21)25/h4-15H,1-3H3/q+1. The molecule has 25 heavy (non-hydrogen) atoms. The number of imidazole rings is 1. The summed E-state index contributed by atoms with van der Waals surface area (Å²) in [7, 11) is 2.10. The fourth-order valence-electron chi connectivity index (χ4n) is 4.31. The van der Waals surface area contributed by atoms with Crippen LogP contribution in [0.1, 0.15) is 25.0 Å². The maximum absolute atomic E-state index is 2.36. The molecule has 0 unspecified atom stereocenters. The second-order valence-electron chi connectivity index (χ2n) is 7.49. The van der Waals surface area contributed by atoms with Gasteiger partial charge >= 0.3 is 0 Å². The Morgan fingerprint density at radius 2 is 1.52 bits per heavy atom. The Morgan fingerprint density at radius 3 is 2.40 bits per heavy atom. The molecular weight excluding hydrogens is 304 g/mol. The van der Waals surface area contributed by atoms with Gasteiger partial charge in [0.2, 0.25) is 6.33 Å². The van der Waals surface area contributed by atoms with Crippen LogP contribution in [-0.4, -0.2) is 4.57 Å². The minimum absolute atomic E-state index is 0.0348. The summed E-state index contributed by atoms with van der Waals surface area (Å²) in [5.41, 5.74) is 9.30. The van der Waals surface area contributed by atoms with Crippen LogP contribution >= 0.6 is 0 Å². The van der Waals surface area contributed by atoms with Gasteiger partial charge in [-0.1, -0.05) is 50.2 Å². The summed E-state index contributed by atoms with van der Waals surface area (Å²) in [6.45, 7) is 4.66. The third-order valence-electron chi connectivity index (χ3n) is 5.66. The number of aromatic nitrogens is 2. The summed E-state index contributed by atoms with van der Waals surface area (Å²) >= 11 is 0. The summed E-state index contributed by atoms with van der Waals surface area (Å²) in [5, 5.41) is 0. The summed E-state index contributed by atoms with van der Waals surface area (Å²) in [6.07, 6.45) is 2.17. The lowest BCUT2D eigenvalue weighted by atomic mass is 9.82. The van der Waals surface area contributed by atoms with Gasteiger partial charge in [0, 0.05) is 5.41 Å². The monoisotopic (exact) mass is 325 g/mol. The van der Waals surface area contributed by atoms with Gasteiger partial charge in [-0.15, -0.1) is 0 Å². The number of hydrogen-bond acceptors (Lipinski definition) is 0. The Morgan fingerprint density at radius 1 is 0.800 bits per heavy atom. The fourth-order valence-corrected chi connectivity index (χ4v) is 4.31. The molecule has 1 aromatic heterocycles. The third-order valence-corrected chi connectivity index (χ3v) is 5.66. The van der Waals surface area contributed by atoms with Crippen LogP contribution in [0.4, 0.5) is 0 Å². The highest BCUT2D eigenvalue weighted by atomic mass is 15.1. The topological polar surface area (TPSA) is 8.81 Å². The van der Waals surface area contributed by atoms with Crippen LogP contribution in [0.3, 0.4) is 0 Å². The predicted molar refractivity (Wildman–Crippen MR) is 102 cm³/mol. The SMILES string of the molecule is C[n+]1cn(-c2ccc3c(c2)C(C)(C)c2ccccc2-3)c2ccccc21. The first-order chi connectivity index (χ1) is 12.1. The van der Waals surface area contributed by atoms with Crippen molar-refractivity contribution in [2.75, 3.05) is 0 Å². The Kier molecular flexibility index (Phi) is 2.79. The van der Waals surface area contributed by atoms with Crippen LogP contribution in [0.25, 0.3) is 27.8 Å². The van der Waals surface area contributed by atoms with Crippen LogP contribution in [0.2, 0.25) is 0 Å². The molecule has 1 aliphatic rings. The van der Waals surface area contributed by atoms with Crippen molar-refractivity contribution in [3.8, 4) is 16.8 Å². The van der Waals surface area contributed by atoms with E-state index in [-0.39, 0.29) is 5.41 Å². The number of nitrogens with zero attached hydrogens (tertiary/aromatic N) is 2. The van der Waals surface area contributed by atoms with E-state index in [1.807, 2.05) is 0 Å². The number of hydrogen-bond donors (Lipinski definition) is 0. The molecule has 0 fully saturated rings. The smallest absolute Gasteiger partial charge is 0.232 e. The van der Waals surface area contributed by atoms with E-state index in [0.717, 1.165) is 0 Å². The zero-order chi connectivity index (χ0) is 17.2. The van der Waals surface area contributed by atoms with Crippen molar-refractivity contribution in [2.24, 2.45) is 7.05 Å². The average Bonchev–Trinajstić information content (AvgIpc) is 3.09. The molecule has 5 rings (SSSR count). The molecule has 1 aliphatic carbocycles. The zero-order valence-corrected chi connectivity index (χ0v) is 14.8. The van der Waals surface area contributed by atoms with Crippen molar-refractivity contribution < 1.29 is 4.57 Å². The van der Waals surface area contributed by atoms with Crippen molar-refractivity contribution >= 4 is 11.0 Å². The molecule has 0 saturated heterocycles. The van der Waals surface area contributed by atoms with Gasteiger partial charge in [0.1, 0.15) is 5.69 Å². The van der Waals surface area contributed by atoms with Crippen LogP contribution < -0.4 is 4.57 Å². The van der Waals surface area contributed by atoms with Crippen LogP contribution in [0.5, 0.6) is 0 Å². The van der Waals surface area contributed by atoms with Crippen molar-refractivity contribution in [3.05, 3.63) is 84.2 Å². The Hall–Kier alpha value is -2.87.